The Labute approximate surface area is 99.3 Å². The van der Waals surface area contributed by atoms with E-state index >= 15 is 0 Å². The fourth-order valence-electron chi connectivity index (χ4n) is 1.01. The number of carbonyl (C=O) groups excluding carboxylic acids is 1. The van der Waals surface area contributed by atoms with Gasteiger partial charge in [-0.3, -0.25) is 10.1 Å². The maximum Gasteiger partial charge on any atom is 0.236 e. The molecule has 1 heterocycles. The highest BCUT2D eigenvalue weighted by molar-refractivity contribution is 5.90. The second kappa shape index (κ2) is 6.00. The van der Waals surface area contributed by atoms with Gasteiger partial charge in [0, 0.05) is 12.5 Å². The van der Waals surface area contributed by atoms with Crippen LogP contribution in [0, 0.1) is 5.92 Å². The molecule has 0 aliphatic carbocycles. The van der Waals surface area contributed by atoms with Crippen molar-refractivity contribution >= 4 is 11.9 Å². The largest absolute Gasteiger partial charge is 0.481 e. The third-order valence-corrected chi connectivity index (χ3v) is 2.13. The number of ether oxygens (including phenoxy) is 2. The van der Waals surface area contributed by atoms with E-state index < -0.39 is 0 Å². The highest BCUT2D eigenvalue weighted by atomic mass is 16.5. The van der Waals surface area contributed by atoms with Crippen molar-refractivity contribution in [3.05, 3.63) is 6.07 Å². The standard InChI is InChI=1S/C10H16N4O3/c1-6(5-11)9(15)14-10-12-7(16-2)4-8(13-10)17-3/h4,6H,5,11H2,1-3H3,(H,12,13,14,15). The Kier molecular flexibility index (Phi) is 4.65. The van der Waals surface area contributed by atoms with Crippen molar-refractivity contribution in [3.63, 3.8) is 0 Å². The molecule has 17 heavy (non-hydrogen) atoms. The summed E-state index contributed by atoms with van der Waals surface area (Å²) in [7, 11) is 2.94. The summed E-state index contributed by atoms with van der Waals surface area (Å²) in [4.78, 5) is 19.5. The highest BCUT2D eigenvalue weighted by Crippen LogP contribution is 2.17. The Morgan fingerprint density at radius 2 is 1.94 bits per heavy atom. The lowest BCUT2D eigenvalue weighted by Gasteiger charge is -2.10. The normalized spacial score (nSPS) is 11.8. The molecule has 7 heteroatoms. The minimum absolute atomic E-state index is 0.131. The van der Waals surface area contributed by atoms with Gasteiger partial charge in [-0.25, -0.2) is 0 Å². The first-order valence-corrected chi connectivity index (χ1v) is 5.08. The quantitative estimate of drug-likeness (QED) is 0.753. The lowest BCUT2D eigenvalue weighted by molar-refractivity contribution is -0.119. The maximum absolute atomic E-state index is 11.6. The van der Waals surface area contributed by atoms with Gasteiger partial charge in [-0.1, -0.05) is 6.92 Å². The summed E-state index contributed by atoms with van der Waals surface area (Å²) >= 11 is 0. The predicted molar refractivity (Wildman–Crippen MR) is 62.0 cm³/mol. The summed E-state index contributed by atoms with van der Waals surface area (Å²) in [6.45, 7) is 1.97. The van der Waals surface area contributed by atoms with Crippen molar-refractivity contribution < 1.29 is 14.3 Å². The van der Waals surface area contributed by atoms with E-state index in [4.69, 9.17) is 15.2 Å². The topological polar surface area (TPSA) is 99.4 Å². The molecule has 0 saturated carbocycles. The number of rotatable bonds is 5. The molecule has 1 aromatic rings. The van der Waals surface area contributed by atoms with E-state index in [2.05, 4.69) is 15.3 Å². The average molecular weight is 240 g/mol. The molecule has 0 spiro atoms. The van der Waals surface area contributed by atoms with Crippen molar-refractivity contribution in [1.82, 2.24) is 9.97 Å². The fraction of sp³-hybridized carbons (Fsp3) is 0.500. The summed E-state index contributed by atoms with van der Waals surface area (Å²) in [5.41, 5.74) is 5.39. The van der Waals surface area contributed by atoms with Crippen LogP contribution in [0.3, 0.4) is 0 Å². The molecule has 3 N–H and O–H groups in total. The Morgan fingerprint density at radius 3 is 2.35 bits per heavy atom. The number of carbonyl (C=O) groups is 1. The molecule has 1 amide bonds. The van der Waals surface area contributed by atoms with Gasteiger partial charge in [0.1, 0.15) is 0 Å². The van der Waals surface area contributed by atoms with Crippen LogP contribution in [-0.2, 0) is 4.79 Å². The Morgan fingerprint density at radius 1 is 1.41 bits per heavy atom. The smallest absolute Gasteiger partial charge is 0.236 e. The summed E-state index contributed by atoms with van der Waals surface area (Å²) in [5.74, 6) is 0.199. The van der Waals surface area contributed by atoms with Crippen LogP contribution in [0.1, 0.15) is 6.92 Å². The number of nitrogens with two attached hydrogens (primary N) is 1. The Hall–Kier alpha value is -1.89. The molecule has 1 rings (SSSR count). The Bertz CT molecular complexity index is 375. The summed E-state index contributed by atoms with van der Waals surface area (Å²) in [5, 5.41) is 2.54. The number of methoxy groups -OCH3 is 2. The van der Waals surface area contributed by atoms with Crippen LogP contribution in [0.15, 0.2) is 6.07 Å². The van der Waals surface area contributed by atoms with Crippen molar-refractivity contribution in [2.45, 2.75) is 6.92 Å². The van der Waals surface area contributed by atoms with Gasteiger partial charge in [-0.2, -0.15) is 9.97 Å². The van der Waals surface area contributed by atoms with Gasteiger partial charge < -0.3 is 15.2 Å². The van der Waals surface area contributed by atoms with Crippen molar-refractivity contribution in [2.75, 3.05) is 26.1 Å². The molecule has 0 aromatic carbocycles. The van der Waals surface area contributed by atoms with Crippen LogP contribution in [-0.4, -0.2) is 36.6 Å². The second-order valence-corrected chi connectivity index (χ2v) is 3.40. The first-order chi connectivity index (χ1) is 8.10. The number of amides is 1. The number of anilines is 1. The number of hydrogen-bond donors (Lipinski definition) is 2. The molecule has 1 atom stereocenters. The average Bonchev–Trinajstić information content (AvgIpc) is 2.36. The minimum Gasteiger partial charge on any atom is -0.481 e. The molecule has 0 aliphatic heterocycles. The zero-order chi connectivity index (χ0) is 12.8. The number of aromatic nitrogens is 2. The van der Waals surface area contributed by atoms with Gasteiger partial charge in [-0.15, -0.1) is 0 Å². The molecular weight excluding hydrogens is 224 g/mol. The van der Waals surface area contributed by atoms with Crippen LogP contribution >= 0.6 is 0 Å². The highest BCUT2D eigenvalue weighted by Gasteiger charge is 2.13. The summed E-state index contributed by atoms with van der Waals surface area (Å²) in [6, 6.07) is 1.52. The molecule has 7 nitrogen and oxygen atoms in total. The van der Waals surface area contributed by atoms with Crippen LogP contribution in [0.25, 0.3) is 0 Å². The molecule has 0 saturated heterocycles. The zero-order valence-corrected chi connectivity index (χ0v) is 10.1. The van der Waals surface area contributed by atoms with Crippen LogP contribution in [0.4, 0.5) is 5.95 Å². The van der Waals surface area contributed by atoms with Crippen LogP contribution in [0.5, 0.6) is 11.8 Å². The van der Waals surface area contributed by atoms with E-state index in [-0.39, 0.29) is 24.3 Å². The minimum atomic E-state index is -0.309. The zero-order valence-electron chi connectivity index (χ0n) is 10.1. The van der Waals surface area contributed by atoms with Crippen molar-refractivity contribution in [1.29, 1.82) is 0 Å². The van der Waals surface area contributed by atoms with Gasteiger partial charge in [0.25, 0.3) is 0 Å². The first kappa shape index (κ1) is 13.2. The monoisotopic (exact) mass is 240 g/mol. The van der Waals surface area contributed by atoms with Crippen molar-refractivity contribution in [3.8, 4) is 11.8 Å². The van der Waals surface area contributed by atoms with E-state index in [0.717, 1.165) is 0 Å². The first-order valence-electron chi connectivity index (χ1n) is 5.08. The van der Waals surface area contributed by atoms with E-state index in [9.17, 15) is 4.79 Å². The number of nitrogens with zero attached hydrogens (tertiary/aromatic N) is 2. The second-order valence-electron chi connectivity index (χ2n) is 3.40. The fourth-order valence-corrected chi connectivity index (χ4v) is 1.01. The number of nitrogens with one attached hydrogen (secondary N) is 1. The van der Waals surface area contributed by atoms with E-state index in [1.165, 1.54) is 20.3 Å². The van der Waals surface area contributed by atoms with E-state index in [1.54, 1.807) is 6.92 Å². The molecular formula is C10H16N4O3. The molecule has 94 valence electrons. The van der Waals surface area contributed by atoms with Crippen LogP contribution in [0.2, 0.25) is 0 Å². The summed E-state index contributed by atoms with van der Waals surface area (Å²) < 4.78 is 9.92. The lowest BCUT2D eigenvalue weighted by atomic mass is 10.2. The van der Waals surface area contributed by atoms with Crippen LogP contribution < -0.4 is 20.5 Å². The molecule has 0 fully saturated rings. The number of hydrogen-bond acceptors (Lipinski definition) is 6. The van der Waals surface area contributed by atoms with Gasteiger partial charge in [0.05, 0.1) is 20.3 Å². The predicted octanol–water partition coefficient (Wildman–Crippen LogP) is 0.0271. The maximum atomic E-state index is 11.6. The van der Waals surface area contributed by atoms with Crippen molar-refractivity contribution in [2.24, 2.45) is 11.7 Å². The Balaban J connectivity index is 2.86. The SMILES string of the molecule is COc1cc(OC)nc(NC(=O)C(C)CN)n1. The van der Waals surface area contributed by atoms with E-state index in [0.29, 0.717) is 11.8 Å². The van der Waals surface area contributed by atoms with Gasteiger partial charge >= 0.3 is 0 Å². The van der Waals surface area contributed by atoms with E-state index in [1.807, 2.05) is 0 Å². The van der Waals surface area contributed by atoms with Gasteiger partial charge in [-0.05, 0) is 0 Å². The molecule has 1 aromatic heterocycles. The molecule has 0 radical (unpaired) electrons. The molecule has 0 bridgehead atoms. The van der Waals surface area contributed by atoms with Gasteiger partial charge in [0.15, 0.2) is 0 Å². The summed E-state index contributed by atoms with van der Waals surface area (Å²) in [6.07, 6.45) is 0. The third kappa shape index (κ3) is 3.56. The van der Waals surface area contributed by atoms with Gasteiger partial charge in [0.2, 0.25) is 23.6 Å². The molecule has 0 aliphatic rings. The molecule has 1 unspecified atom stereocenters. The third-order valence-electron chi connectivity index (χ3n) is 2.13. The lowest BCUT2D eigenvalue weighted by Crippen LogP contribution is -2.27.